The van der Waals surface area contributed by atoms with E-state index in [1.165, 1.54) is 31.6 Å². The van der Waals surface area contributed by atoms with Gasteiger partial charge < -0.3 is 28.7 Å². The number of benzene rings is 3. The average Bonchev–Trinajstić information content (AvgIpc) is 3.55. The molecule has 0 aliphatic rings. The number of carbonyl (C=O) groups excluding carboxylic acids is 2. The molecule has 1 aromatic heterocycles. The molecule has 1 heterocycles. The largest absolute Gasteiger partial charge is 0.493 e. The molecule has 9 heteroatoms. The molecule has 43 heavy (non-hydrogen) atoms. The molecule has 0 atom stereocenters. The molecule has 0 saturated heterocycles. The number of nitrogens with one attached hydrogen (secondary N) is 1. The summed E-state index contributed by atoms with van der Waals surface area (Å²) in [6.45, 7) is 2.58. The van der Waals surface area contributed by atoms with Gasteiger partial charge in [-0.05, 0) is 77.7 Å². The minimum absolute atomic E-state index is 0.108. The first-order valence-corrected chi connectivity index (χ1v) is 13.3. The van der Waals surface area contributed by atoms with E-state index < -0.39 is 11.9 Å². The summed E-state index contributed by atoms with van der Waals surface area (Å²) in [5.74, 6) is 0.913. The van der Waals surface area contributed by atoms with E-state index in [4.69, 9.17) is 23.4 Å². The number of hydrogen-bond donors (Lipinski definition) is 1. The predicted molar refractivity (Wildman–Crippen MR) is 160 cm³/mol. The Hall–Kier alpha value is -5.75. The number of amides is 1. The molecule has 0 spiro atoms. The van der Waals surface area contributed by atoms with Crippen LogP contribution in [0.3, 0.4) is 0 Å². The maximum atomic E-state index is 12.6. The molecule has 0 aliphatic heterocycles. The summed E-state index contributed by atoms with van der Waals surface area (Å²) < 4.78 is 27.5. The first-order valence-electron chi connectivity index (χ1n) is 13.3. The van der Waals surface area contributed by atoms with E-state index >= 15 is 0 Å². The zero-order chi connectivity index (χ0) is 30.6. The Kier molecular flexibility index (Phi) is 10.4. The molecule has 0 unspecified atom stereocenters. The van der Waals surface area contributed by atoms with E-state index in [-0.39, 0.29) is 23.6 Å². The van der Waals surface area contributed by atoms with Crippen LogP contribution in [-0.4, -0.2) is 26.1 Å². The summed E-state index contributed by atoms with van der Waals surface area (Å²) in [6.07, 6.45) is 5.79. The quantitative estimate of drug-likeness (QED) is 0.0937. The van der Waals surface area contributed by atoms with E-state index in [1.54, 1.807) is 55.7 Å². The first-order chi connectivity index (χ1) is 20.9. The fraction of sp³-hybridized carbons (Fsp3) is 0.147. The van der Waals surface area contributed by atoms with Gasteiger partial charge in [0, 0.05) is 6.08 Å². The van der Waals surface area contributed by atoms with Crippen LogP contribution >= 0.6 is 0 Å². The van der Waals surface area contributed by atoms with Crippen molar-refractivity contribution in [2.75, 3.05) is 14.2 Å². The number of esters is 1. The molecule has 9 nitrogen and oxygen atoms in total. The van der Waals surface area contributed by atoms with Crippen LogP contribution in [0.2, 0.25) is 0 Å². The highest BCUT2D eigenvalue weighted by atomic mass is 16.6. The standard InChI is InChI=1S/C34H30N2O7/c1-23-7-4-5-8-26(23)22-42-29-13-10-24(18-31(29)39-2)12-15-33(37)43-30-14-11-25(19-32(30)40-3)17-27(20-35)34(38)36-21-28-9-6-16-41-28/h4-19H,21-22H2,1-3H3,(H,36,38)/b15-12+,27-17+. The smallest absolute Gasteiger partial charge is 0.336 e. The second kappa shape index (κ2) is 14.8. The second-order valence-electron chi connectivity index (χ2n) is 9.22. The van der Waals surface area contributed by atoms with Gasteiger partial charge in [-0.1, -0.05) is 36.4 Å². The first kappa shape index (κ1) is 30.2. The molecule has 218 valence electrons. The molecular formula is C34H30N2O7. The SMILES string of the molecule is COc1cc(/C=C/C(=O)Oc2ccc(/C=C(\C#N)C(=O)NCc3ccco3)cc2OC)ccc1OCc1ccccc1C. The third-order valence-corrected chi connectivity index (χ3v) is 6.32. The number of nitrogens with zero attached hydrogens (tertiary/aromatic N) is 1. The maximum Gasteiger partial charge on any atom is 0.336 e. The minimum Gasteiger partial charge on any atom is -0.493 e. The van der Waals surface area contributed by atoms with Crippen LogP contribution in [0.5, 0.6) is 23.0 Å². The number of aryl methyl sites for hydroxylation is 1. The second-order valence-corrected chi connectivity index (χ2v) is 9.22. The van der Waals surface area contributed by atoms with Crippen LogP contribution in [0, 0.1) is 18.3 Å². The van der Waals surface area contributed by atoms with Crippen LogP contribution in [-0.2, 0) is 22.7 Å². The molecule has 4 aromatic rings. The van der Waals surface area contributed by atoms with Crippen molar-refractivity contribution in [2.24, 2.45) is 0 Å². The third kappa shape index (κ3) is 8.38. The lowest BCUT2D eigenvalue weighted by molar-refractivity contribution is -0.129. The van der Waals surface area contributed by atoms with Crippen molar-refractivity contribution in [3.63, 3.8) is 0 Å². The van der Waals surface area contributed by atoms with Crippen molar-refractivity contribution in [1.29, 1.82) is 5.26 Å². The Morgan fingerprint density at radius 1 is 0.907 bits per heavy atom. The van der Waals surface area contributed by atoms with Gasteiger partial charge in [0.15, 0.2) is 23.0 Å². The Bertz CT molecular complexity index is 1680. The van der Waals surface area contributed by atoms with Gasteiger partial charge in [-0.25, -0.2) is 4.79 Å². The molecule has 0 saturated carbocycles. The topological polar surface area (TPSA) is 120 Å². The lowest BCUT2D eigenvalue weighted by Gasteiger charge is -2.12. The molecule has 0 bridgehead atoms. The van der Waals surface area contributed by atoms with Gasteiger partial charge in [-0.3, -0.25) is 4.79 Å². The van der Waals surface area contributed by atoms with Crippen molar-refractivity contribution in [1.82, 2.24) is 5.32 Å². The number of hydrogen-bond acceptors (Lipinski definition) is 8. The van der Waals surface area contributed by atoms with Crippen LogP contribution in [0.4, 0.5) is 0 Å². The van der Waals surface area contributed by atoms with E-state index in [2.05, 4.69) is 5.32 Å². The predicted octanol–water partition coefficient (Wildman–Crippen LogP) is 6.03. The number of ether oxygens (including phenoxy) is 4. The number of rotatable bonds is 12. The molecule has 1 amide bonds. The van der Waals surface area contributed by atoms with Crippen molar-refractivity contribution in [3.05, 3.63) is 119 Å². The lowest BCUT2D eigenvalue weighted by Crippen LogP contribution is -2.23. The summed E-state index contributed by atoms with van der Waals surface area (Å²) in [5.41, 5.74) is 3.32. The van der Waals surface area contributed by atoms with Crippen molar-refractivity contribution < 1.29 is 33.0 Å². The van der Waals surface area contributed by atoms with E-state index in [0.29, 0.717) is 35.0 Å². The highest BCUT2D eigenvalue weighted by molar-refractivity contribution is 6.01. The highest BCUT2D eigenvalue weighted by Crippen LogP contribution is 2.31. The minimum atomic E-state index is -0.629. The normalized spacial score (nSPS) is 11.1. The zero-order valence-corrected chi connectivity index (χ0v) is 24.0. The van der Waals surface area contributed by atoms with Gasteiger partial charge in [0.1, 0.15) is 24.0 Å². The van der Waals surface area contributed by atoms with Crippen LogP contribution in [0.25, 0.3) is 12.2 Å². The lowest BCUT2D eigenvalue weighted by atomic mass is 10.1. The molecule has 0 aliphatic carbocycles. The molecule has 3 aromatic carbocycles. The van der Waals surface area contributed by atoms with Gasteiger partial charge in [-0.2, -0.15) is 5.26 Å². The number of nitriles is 1. The van der Waals surface area contributed by atoms with Gasteiger partial charge in [-0.15, -0.1) is 0 Å². The Balaban J connectivity index is 1.39. The van der Waals surface area contributed by atoms with Crippen molar-refractivity contribution in [3.8, 4) is 29.1 Å². The summed E-state index contributed by atoms with van der Waals surface area (Å²) in [5, 5.41) is 12.1. The fourth-order valence-electron chi connectivity index (χ4n) is 3.99. The number of carbonyl (C=O) groups is 2. The number of furan rings is 1. The monoisotopic (exact) mass is 578 g/mol. The Morgan fingerprint density at radius 3 is 2.35 bits per heavy atom. The Morgan fingerprint density at radius 2 is 1.63 bits per heavy atom. The van der Waals surface area contributed by atoms with Crippen LogP contribution in [0.1, 0.15) is 28.0 Å². The van der Waals surface area contributed by atoms with Crippen molar-refractivity contribution >= 4 is 24.0 Å². The molecule has 4 rings (SSSR count). The van der Waals surface area contributed by atoms with Gasteiger partial charge >= 0.3 is 5.97 Å². The third-order valence-electron chi connectivity index (χ3n) is 6.32. The van der Waals surface area contributed by atoms with Crippen molar-refractivity contribution in [2.45, 2.75) is 20.1 Å². The molecule has 1 N–H and O–H groups in total. The molecular weight excluding hydrogens is 548 g/mol. The molecule has 0 fully saturated rings. The number of methoxy groups -OCH3 is 2. The summed E-state index contributed by atoms with van der Waals surface area (Å²) >= 11 is 0. The van der Waals surface area contributed by atoms with E-state index in [1.807, 2.05) is 37.3 Å². The maximum absolute atomic E-state index is 12.6. The summed E-state index contributed by atoms with van der Waals surface area (Å²) in [6, 6.07) is 23.3. The van der Waals surface area contributed by atoms with Gasteiger partial charge in [0.05, 0.1) is 27.0 Å². The van der Waals surface area contributed by atoms with Crippen LogP contribution in [0.15, 0.2) is 95.1 Å². The summed E-state index contributed by atoms with van der Waals surface area (Å²) in [4.78, 5) is 25.0. The summed E-state index contributed by atoms with van der Waals surface area (Å²) in [7, 11) is 2.97. The fourth-order valence-corrected chi connectivity index (χ4v) is 3.99. The van der Waals surface area contributed by atoms with Crippen LogP contribution < -0.4 is 24.3 Å². The molecule has 0 radical (unpaired) electrons. The average molecular weight is 579 g/mol. The Labute approximate surface area is 249 Å². The zero-order valence-electron chi connectivity index (χ0n) is 24.0. The van der Waals surface area contributed by atoms with E-state index in [9.17, 15) is 14.9 Å². The van der Waals surface area contributed by atoms with Gasteiger partial charge in [0.25, 0.3) is 5.91 Å². The van der Waals surface area contributed by atoms with E-state index in [0.717, 1.165) is 11.1 Å². The van der Waals surface area contributed by atoms with Gasteiger partial charge in [0.2, 0.25) is 0 Å². The highest BCUT2D eigenvalue weighted by Gasteiger charge is 2.13.